The number of carbonyl (C=O) groups excluding carboxylic acids is 1. The van der Waals surface area contributed by atoms with Gasteiger partial charge in [0, 0.05) is 11.8 Å². The number of guanidine groups is 1. The zero-order valence-electron chi connectivity index (χ0n) is 12.0. The number of nitrogens with zero attached hydrogens (tertiary/aromatic N) is 1. The summed E-state index contributed by atoms with van der Waals surface area (Å²) in [6.45, 7) is 2.03. The van der Waals surface area contributed by atoms with E-state index in [9.17, 15) is 13.2 Å². The number of nitrogens with two attached hydrogens (primary N) is 2. The summed E-state index contributed by atoms with van der Waals surface area (Å²) in [5.41, 5.74) is 10.9. The molecule has 21 heavy (non-hydrogen) atoms. The fraction of sp³-hybridized carbons (Fsp3) is 0.286. The molecule has 0 aliphatic rings. The van der Waals surface area contributed by atoms with Gasteiger partial charge in [-0.3, -0.25) is 4.79 Å². The summed E-state index contributed by atoms with van der Waals surface area (Å²) in [6.07, 6.45) is 6.52. The quantitative estimate of drug-likeness (QED) is 0.628. The maximum Gasteiger partial charge on any atom is 0.280 e. The van der Waals surface area contributed by atoms with Crippen molar-refractivity contribution in [1.29, 1.82) is 0 Å². The van der Waals surface area contributed by atoms with Gasteiger partial charge in [-0.25, -0.2) is 8.42 Å². The molecule has 114 valence electrons. The van der Waals surface area contributed by atoms with Crippen LogP contribution in [0.15, 0.2) is 34.2 Å². The van der Waals surface area contributed by atoms with Crippen LogP contribution in [0.3, 0.4) is 0 Å². The SMILES string of the molecule is CCCC=Cc1ccc(C(=O)N=C(N)N)cc1S(C)(=O)=O. The van der Waals surface area contributed by atoms with Gasteiger partial charge in [-0.05, 0) is 24.1 Å². The first-order chi connectivity index (χ1) is 9.75. The second-order valence-electron chi connectivity index (χ2n) is 4.56. The van der Waals surface area contributed by atoms with Crippen molar-refractivity contribution >= 4 is 27.8 Å². The van der Waals surface area contributed by atoms with Gasteiger partial charge in [0.25, 0.3) is 5.91 Å². The van der Waals surface area contributed by atoms with Gasteiger partial charge >= 0.3 is 0 Å². The molecule has 0 aromatic heterocycles. The second kappa shape index (κ2) is 7.03. The average molecular weight is 309 g/mol. The molecule has 0 atom stereocenters. The molecule has 0 unspecified atom stereocenters. The van der Waals surface area contributed by atoms with Crippen molar-refractivity contribution in [2.24, 2.45) is 16.5 Å². The van der Waals surface area contributed by atoms with E-state index in [1.54, 1.807) is 12.1 Å². The van der Waals surface area contributed by atoms with E-state index in [-0.39, 0.29) is 16.4 Å². The first-order valence-corrected chi connectivity index (χ1v) is 8.29. The molecule has 6 nitrogen and oxygen atoms in total. The van der Waals surface area contributed by atoms with Crippen molar-refractivity contribution in [2.75, 3.05) is 6.26 Å². The number of aliphatic imine (C=N–C) groups is 1. The Labute approximate surface area is 124 Å². The Bertz CT molecular complexity index is 687. The predicted octanol–water partition coefficient (Wildman–Crippen LogP) is 1.32. The lowest BCUT2D eigenvalue weighted by Crippen LogP contribution is -2.24. The smallest absolute Gasteiger partial charge is 0.280 e. The molecule has 4 N–H and O–H groups in total. The monoisotopic (exact) mass is 309 g/mol. The number of amides is 1. The van der Waals surface area contributed by atoms with Crippen LogP contribution in [0.5, 0.6) is 0 Å². The van der Waals surface area contributed by atoms with Crippen LogP contribution in [0.2, 0.25) is 0 Å². The number of allylic oxidation sites excluding steroid dienone is 1. The predicted molar refractivity (Wildman–Crippen MR) is 83.6 cm³/mol. The highest BCUT2D eigenvalue weighted by Gasteiger charge is 2.15. The van der Waals surface area contributed by atoms with Crippen molar-refractivity contribution in [3.05, 3.63) is 35.4 Å². The van der Waals surface area contributed by atoms with E-state index in [4.69, 9.17) is 11.5 Å². The van der Waals surface area contributed by atoms with E-state index < -0.39 is 15.7 Å². The summed E-state index contributed by atoms with van der Waals surface area (Å²) in [7, 11) is -3.47. The lowest BCUT2D eigenvalue weighted by Gasteiger charge is -2.06. The molecule has 0 fully saturated rings. The van der Waals surface area contributed by atoms with Crippen LogP contribution in [0.1, 0.15) is 35.7 Å². The topological polar surface area (TPSA) is 116 Å². The van der Waals surface area contributed by atoms with E-state index in [1.165, 1.54) is 12.1 Å². The number of benzene rings is 1. The fourth-order valence-corrected chi connectivity index (χ4v) is 2.59. The highest BCUT2D eigenvalue weighted by atomic mass is 32.2. The molecule has 0 saturated heterocycles. The van der Waals surface area contributed by atoms with Crippen LogP contribution < -0.4 is 11.5 Å². The van der Waals surface area contributed by atoms with Gasteiger partial charge < -0.3 is 11.5 Å². The normalized spacial score (nSPS) is 11.5. The molecule has 1 amide bonds. The van der Waals surface area contributed by atoms with Crippen LogP contribution in [0.4, 0.5) is 0 Å². The van der Waals surface area contributed by atoms with Crippen LogP contribution >= 0.6 is 0 Å². The fourth-order valence-electron chi connectivity index (χ4n) is 1.68. The van der Waals surface area contributed by atoms with Crippen molar-refractivity contribution in [2.45, 2.75) is 24.7 Å². The lowest BCUT2D eigenvalue weighted by molar-refractivity contribution is 0.100. The van der Waals surface area contributed by atoms with Crippen molar-refractivity contribution in [3.63, 3.8) is 0 Å². The Morgan fingerprint density at radius 3 is 2.52 bits per heavy atom. The molecule has 0 spiro atoms. The number of hydrogen-bond donors (Lipinski definition) is 2. The minimum atomic E-state index is -3.47. The van der Waals surface area contributed by atoms with Gasteiger partial charge in [0.05, 0.1) is 4.90 Å². The maximum atomic E-state index is 11.9. The standard InChI is InChI=1S/C14H19N3O3S/c1-3-4-5-6-10-7-8-11(13(18)17-14(15)16)9-12(10)21(2,19)20/h5-9H,3-4H2,1-2H3,(H4,15,16,17,18). The van der Waals surface area contributed by atoms with Gasteiger partial charge in [-0.2, -0.15) is 4.99 Å². The summed E-state index contributed by atoms with van der Waals surface area (Å²) >= 11 is 0. The Morgan fingerprint density at radius 2 is 2.00 bits per heavy atom. The third-order valence-corrected chi connectivity index (χ3v) is 3.80. The summed E-state index contributed by atoms with van der Waals surface area (Å²) < 4.78 is 23.7. The average Bonchev–Trinajstić information content (AvgIpc) is 2.37. The molecule has 0 bridgehead atoms. The highest BCUT2D eigenvalue weighted by Crippen LogP contribution is 2.20. The molecule has 1 aromatic rings. The van der Waals surface area contributed by atoms with Gasteiger partial charge in [-0.15, -0.1) is 0 Å². The van der Waals surface area contributed by atoms with Crippen LogP contribution in [-0.4, -0.2) is 26.5 Å². The van der Waals surface area contributed by atoms with E-state index in [1.807, 2.05) is 13.0 Å². The second-order valence-corrected chi connectivity index (χ2v) is 6.54. The molecular formula is C14H19N3O3S. The van der Waals surface area contributed by atoms with Gasteiger partial charge in [0.15, 0.2) is 15.8 Å². The van der Waals surface area contributed by atoms with Crippen LogP contribution in [0, 0.1) is 0 Å². The Hall–Kier alpha value is -2.15. The summed E-state index contributed by atoms with van der Waals surface area (Å²) in [4.78, 5) is 15.2. The number of sulfone groups is 1. The number of hydrogen-bond acceptors (Lipinski definition) is 3. The molecular weight excluding hydrogens is 290 g/mol. The van der Waals surface area contributed by atoms with E-state index in [2.05, 4.69) is 4.99 Å². The minimum absolute atomic E-state index is 0.0755. The molecule has 0 radical (unpaired) electrons. The largest absolute Gasteiger partial charge is 0.370 e. The van der Waals surface area contributed by atoms with E-state index in [0.29, 0.717) is 5.56 Å². The number of carbonyl (C=O) groups is 1. The van der Waals surface area contributed by atoms with Gasteiger partial charge in [-0.1, -0.05) is 31.6 Å². The molecule has 1 rings (SSSR count). The zero-order valence-corrected chi connectivity index (χ0v) is 12.9. The third kappa shape index (κ3) is 5.03. The minimum Gasteiger partial charge on any atom is -0.370 e. The number of unbranched alkanes of at least 4 members (excludes halogenated alkanes) is 1. The van der Waals surface area contributed by atoms with Crippen LogP contribution in [-0.2, 0) is 9.84 Å². The molecule has 0 aliphatic carbocycles. The lowest BCUT2D eigenvalue weighted by atomic mass is 10.1. The summed E-state index contributed by atoms with van der Waals surface area (Å²) in [5, 5.41) is 0. The molecule has 7 heteroatoms. The molecule has 0 saturated carbocycles. The van der Waals surface area contributed by atoms with Crippen molar-refractivity contribution in [1.82, 2.24) is 0 Å². The Balaban J connectivity index is 3.32. The highest BCUT2D eigenvalue weighted by molar-refractivity contribution is 7.90. The summed E-state index contributed by atoms with van der Waals surface area (Å²) in [5.74, 6) is -1.04. The van der Waals surface area contributed by atoms with Crippen molar-refractivity contribution in [3.8, 4) is 0 Å². The maximum absolute atomic E-state index is 11.9. The van der Waals surface area contributed by atoms with Gasteiger partial charge in [0.1, 0.15) is 0 Å². The third-order valence-electron chi connectivity index (χ3n) is 2.64. The Morgan fingerprint density at radius 1 is 1.33 bits per heavy atom. The van der Waals surface area contributed by atoms with E-state index >= 15 is 0 Å². The zero-order chi connectivity index (χ0) is 16.0. The molecule has 1 aromatic carbocycles. The van der Waals surface area contributed by atoms with Crippen LogP contribution in [0.25, 0.3) is 6.08 Å². The number of rotatable bonds is 5. The first kappa shape index (κ1) is 16.9. The van der Waals surface area contributed by atoms with E-state index in [0.717, 1.165) is 19.1 Å². The molecule has 0 heterocycles. The Kier molecular flexibility index (Phi) is 5.66. The molecule has 0 aliphatic heterocycles. The van der Waals surface area contributed by atoms with Crippen molar-refractivity contribution < 1.29 is 13.2 Å². The summed E-state index contributed by atoms with van der Waals surface area (Å²) in [6, 6.07) is 4.35. The first-order valence-electron chi connectivity index (χ1n) is 6.40. The van der Waals surface area contributed by atoms with Gasteiger partial charge in [0.2, 0.25) is 0 Å².